The van der Waals surface area contributed by atoms with Crippen molar-refractivity contribution in [2.45, 2.75) is 6.92 Å². The van der Waals surface area contributed by atoms with Crippen LogP contribution in [-0.2, 0) is 0 Å². The Balaban J connectivity index is 2.15. The standard InChI is InChI=1S/C16H12N4O4/c1-11-14(12-5-3-2-4-6-12)10-17-18(11)15-8-7-13(19(21)22)9-16(15)20(23)24/h2-10H,1H3. The van der Waals surface area contributed by atoms with Crippen molar-refractivity contribution in [2.24, 2.45) is 0 Å². The minimum absolute atomic E-state index is 0.185. The van der Waals surface area contributed by atoms with E-state index in [9.17, 15) is 20.2 Å². The van der Waals surface area contributed by atoms with Gasteiger partial charge >= 0.3 is 5.69 Å². The van der Waals surface area contributed by atoms with Gasteiger partial charge in [0.2, 0.25) is 0 Å². The lowest BCUT2D eigenvalue weighted by Crippen LogP contribution is -2.04. The Morgan fingerprint density at radius 3 is 2.33 bits per heavy atom. The fourth-order valence-corrected chi connectivity index (χ4v) is 2.50. The molecule has 0 atom stereocenters. The molecule has 120 valence electrons. The maximum atomic E-state index is 11.3. The number of hydrogen-bond acceptors (Lipinski definition) is 5. The van der Waals surface area contributed by atoms with Crippen LogP contribution < -0.4 is 0 Å². The second kappa shape index (κ2) is 5.92. The van der Waals surface area contributed by atoms with Crippen molar-refractivity contribution in [1.82, 2.24) is 9.78 Å². The fourth-order valence-electron chi connectivity index (χ4n) is 2.50. The molecule has 0 aliphatic carbocycles. The molecule has 8 heteroatoms. The summed E-state index contributed by atoms with van der Waals surface area (Å²) in [6, 6.07) is 13.0. The molecular formula is C16H12N4O4. The predicted octanol–water partition coefficient (Wildman–Crippen LogP) is 3.66. The average molecular weight is 324 g/mol. The van der Waals surface area contributed by atoms with Crippen molar-refractivity contribution in [2.75, 3.05) is 0 Å². The van der Waals surface area contributed by atoms with Crippen LogP contribution in [0.3, 0.4) is 0 Å². The highest BCUT2D eigenvalue weighted by Crippen LogP contribution is 2.31. The Morgan fingerprint density at radius 1 is 1.00 bits per heavy atom. The van der Waals surface area contributed by atoms with Crippen LogP contribution in [0.4, 0.5) is 11.4 Å². The van der Waals surface area contributed by atoms with Crippen LogP contribution in [0.25, 0.3) is 16.8 Å². The summed E-state index contributed by atoms with van der Waals surface area (Å²) in [6.45, 7) is 1.79. The molecule has 3 rings (SSSR count). The number of nitro groups is 2. The monoisotopic (exact) mass is 324 g/mol. The first-order valence-electron chi connectivity index (χ1n) is 7.02. The third-order valence-electron chi connectivity index (χ3n) is 3.69. The van der Waals surface area contributed by atoms with Crippen molar-refractivity contribution in [1.29, 1.82) is 0 Å². The Bertz CT molecular complexity index is 935. The zero-order chi connectivity index (χ0) is 17.3. The molecule has 0 saturated carbocycles. The van der Waals surface area contributed by atoms with Crippen LogP contribution in [0.5, 0.6) is 0 Å². The molecule has 24 heavy (non-hydrogen) atoms. The molecule has 0 unspecified atom stereocenters. The van der Waals surface area contributed by atoms with Gasteiger partial charge in [0.15, 0.2) is 0 Å². The van der Waals surface area contributed by atoms with Crippen molar-refractivity contribution in [3.05, 3.63) is 80.7 Å². The summed E-state index contributed by atoms with van der Waals surface area (Å²) in [5.41, 5.74) is 1.96. The van der Waals surface area contributed by atoms with Crippen LogP contribution in [0.2, 0.25) is 0 Å². The van der Waals surface area contributed by atoms with E-state index in [4.69, 9.17) is 0 Å². The van der Waals surface area contributed by atoms with Gasteiger partial charge in [0, 0.05) is 17.3 Å². The lowest BCUT2D eigenvalue weighted by atomic mass is 10.1. The number of aromatic nitrogens is 2. The highest BCUT2D eigenvalue weighted by atomic mass is 16.6. The van der Waals surface area contributed by atoms with E-state index in [1.54, 1.807) is 13.1 Å². The maximum Gasteiger partial charge on any atom is 0.301 e. The van der Waals surface area contributed by atoms with Crippen LogP contribution in [0, 0.1) is 27.2 Å². The van der Waals surface area contributed by atoms with E-state index < -0.39 is 9.85 Å². The smallest absolute Gasteiger partial charge is 0.258 e. The molecule has 0 bridgehead atoms. The van der Waals surface area contributed by atoms with Gasteiger partial charge in [0.25, 0.3) is 5.69 Å². The summed E-state index contributed by atoms with van der Waals surface area (Å²) >= 11 is 0. The number of rotatable bonds is 4. The summed E-state index contributed by atoms with van der Waals surface area (Å²) in [7, 11) is 0. The van der Waals surface area contributed by atoms with E-state index in [1.165, 1.54) is 16.8 Å². The molecule has 8 nitrogen and oxygen atoms in total. The molecule has 0 N–H and O–H groups in total. The average Bonchev–Trinajstić information content (AvgIpc) is 2.96. The summed E-state index contributed by atoms with van der Waals surface area (Å²) in [5.74, 6) is 0. The predicted molar refractivity (Wildman–Crippen MR) is 87.0 cm³/mol. The van der Waals surface area contributed by atoms with Gasteiger partial charge in [-0.15, -0.1) is 0 Å². The zero-order valence-electron chi connectivity index (χ0n) is 12.6. The van der Waals surface area contributed by atoms with E-state index >= 15 is 0 Å². The molecule has 0 aliphatic rings. The quantitative estimate of drug-likeness (QED) is 0.538. The van der Waals surface area contributed by atoms with Crippen molar-refractivity contribution < 1.29 is 9.85 Å². The van der Waals surface area contributed by atoms with Gasteiger partial charge in [-0.05, 0) is 18.6 Å². The largest absolute Gasteiger partial charge is 0.301 e. The summed E-state index contributed by atoms with van der Waals surface area (Å²) in [5, 5.41) is 26.4. The third-order valence-corrected chi connectivity index (χ3v) is 3.69. The topological polar surface area (TPSA) is 104 Å². The Morgan fingerprint density at radius 2 is 1.71 bits per heavy atom. The second-order valence-corrected chi connectivity index (χ2v) is 5.11. The second-order valence-electron chi connectivity index (χ2n) is 5.11. The molecule has 0 fully saturated rings. The van der Waals surface area contributed by atoms with Crippen LogP contribution in [0.1, 0.15) is 5.69 Å². The lowest BCUT2D eigenvalue weighted by molar-refractivity contribution is -0.394. The molecule has 0 spiro atoms. The number of hydrogen-bond donors (Lipinski definition) is 0. The third kappa shape index (κ3) is 2.60. The molecule has 0 amide bonds. The molecule has 0 aliphatic heterocycles. The van der Waals surface area contributed by atoms with Gasteiger partial charge in [-0.3, -0.25) is 20.2 Å². The first-order valence-corrected chi connectivity index (χ1v) is 7.02. The SMILES string of the molecule is Cc1c(-c2ccccc2)cnn1-c1ccc([N+](=O)[O-])cc1[N+](=O)[O-]. The number of nitrogens with zero attached hydrogens (tertiary/aromatic N) is 4. The molecule has 0 saturated heterocycles. The van der Waals surface area contributed by atoms with Crippen molar-refractivity contribution in [3.8, 4) is 16.8 Å². The number of benzene rings is 2. The van der Waals surface area contributed by atoms with Crippen LogP contribution >= 0.6 is 0 Å². The molecular weight excluding hydrogens is 312 g/mol. The maximum absolute atomic E-state index is 11.3. The van der Waals surface area contributed by atoms with Gasteiger partial charge in [-0.1, -0.05) is 30.3 Å². The minimum Gasteiger partial charge on any atom is -0.258 e. The van der Waals surface area contributed by atoms with E-state index in [-0.39, 0.29) is 17.1 Å². The van der Waals surface area contributed by atoms with Crippen LogP contribution in [-0.4, -0.2) is 19.6 Å². The van der Waals surface area contributed by atoms with Gasteiger partial charge in [0.05, 0.1) is 22.1 Å². The summed E-state index contributed by atoms with van der Waals surface area (Å²) in [6.07, 6.45) is 1.62. The van der Waals surface area contributed by atoms with Crippen molar-refractivity contribution in [3.63, 3.8) is 0 Å². The van der Waals surface area contributed by atoms with E-state index in [2.05, 4.69) is 5.10 Å². The lowest BCUT2D eigenvalue weighted by Gasteiger charge is -2.06. The van der Waals surface area contributed by atoms with Gasteiger partial charge in [0.1, 0.15) is 5.69 Å². The molecule has 3 aromatic rings. The summed E-state index contributed by atoms with van der Waals surface area (Å²) in [4.78, 5) is 20.8. The van der Waals surface area contributed by atoms with E-state index in [0.29, 0.717) is 5.69 Å². The fraction of sp³-hybridized carbons (Fsp3) is 0.0625. The normalized spacial score (nSPS) is 10.5. The van der Waals surface area contributed by atoms with Gasteiger partial charge < -0.3 is 0 Å². The molecule has 2 aromatic carbocycles. The Hall–Kier alpha value is -3.55. The van der Waals surface area contributed by atoms with Crippen molar-refractivity contribution >= 4 is 11.4 Å². The first-order chi connectivity index (χ1) is 11.5. The summed E-state index contributed by atoms with van der Waals surface area (Å²) < 4.78 is 1.42. The zero-order valence-corrected chi connectivity index (χ0v) is 12.6. The minimum atomic E-state index is -0.665. The first kappa shape index (κ1) is 15.3. The highest BCUT2D eigenvalue weighted by molar-refractivity contribution is 5.67. The van der Waals surface area contributed by atoms with E-state index in [0.717, 1.165) is 17.2 Å². The molecule has 1 heterocycles. The Kier molecular flexibility index (Phi) is 3.78. The number of non-ortho nitro benzene ring substituents is 1. The van der Waals surface area contributed by atoms with Crippen LogP contribution in [0.15, 0.2) is 54.7 Å². The van der Waals surface area contributed by atoms with Gasteiger partial charge in [-0.2, -0.15) is 5.10 Å². The van der Waals surface area contributed by atoms with Gasteiger partial charge in [-0.25, -0.2) is 4.68 Å². The van der Waals surface area contributed by atoms with E-state index in [1.807, 2.05) is 30.3 Å². The Labute approximate surface area is 136 Å². The highest BCUT2D eigenvalue weighted by Gasteiger charge is 2.23. The number of nitro benzene ring substituents is 2. The molecule has 0 radical (unpaired) electrons. The molecule has 1 aromatic heterocycles.